The number of hydrogen-bond acceptors (Lipinski definition) is 8. The fourth-order valence-corrected chi connectivity index (χ4v) is 5.71. The minimum absolute atomic E-state index is 0.0183. The van der Waals surface area contributed by atoms with Crippen LogP contribution in [-0.2, 0) is 14.3 Å². The third kappa shape index (κ3) is 5.73. The van der Waals surface area contributed by atoms with Gasteiger partial charge in [0.2, 0.25) is 0 Å². The lowest BCUT2D eigenvalue weighted by Gasteiger charge is -2.31. The number of aliphatic hydroxyl groups is 1. The molecular weight excluding hydrogens is 536 g/mol. The van der Waals surface area contributed by atoms with Crippen LogP contribution in [0.3, 0.4) is 0 Å². The highest BCUT2D eigenvalue weighted by molar-refractivity contribution is 6.46. The molecule has 2 aliphatic rings. The summed E-state index contributed by atoms with van der Waals surface area (Å²) in [5.74, 6) is -0.568. The molecule has 5 rings (SSSR count). The molecule has 1 amide bonds. The molecule has 0 aliphatic carbocycles. The number of Topliss-reactive ketones (excluding diaryl/α,β-unsaturated/α-hetero) is 1. The molecule has 1 atom stereocenters. The van der Waals surface area contributed by atoms with E-state index >= 15 is 0 Å². The number of amides is 1. The number of ketones is 1. The van der Waals surface area contributed by atoms with Gasteiger partial charge in [-0.05, 0) is 49.6 Å². The number of carbonyl (C=O) groups excluding carboxylic acids is 2. The zero-order valence-corrected chi connectivity index (χ0v) is 24.9. The molecule has 1 unspecified atom stereocenters. The van der Waals surface area contributed by atoms with Crippen LogP contribution in [0.1, 0.15) is 54.7 Å². The molecule has 2 aromatic heterocycles. The summed E-state index contributed by atoms with van der Waals surface area (Å²) in [6.07, 6.45) is 4.96. The number of aromatic nitrogens is 2. The van der Waals surface area contributed by atoms with Gasteiger partial charge in [0.1, 0.15) is 11.3 Å². The Morgan fingerprint density at radius 1 is 1.10 bits per heavy atom. The van der Waals surface area contributed by atoms with E-state index < -0.39 is 17.7 Å². The van der Waals surface area contributed by atoms with Crippen LogP contribution < -0.4 is 9.47 Å². The third-order valence-electron chi connectivity index (χ3n) is 8.12. The molecule has 224 valence electrons. The number of ether oxygens (including phenoxy) is 3. The Morgan fingerprint density at radius 2 is 1.88 bits per heavy atom. The van der Waals surface area contributed by atoms with Crippen LogP contribution in [0.15, 0.2) is 42.1 Å². The van der Waals surface area contributed by atoms with Crippen molar-refractivity contribution in [3.05, 3.63) is 64.6 Å². The summed E-state index contributed by atoms with van der Waals surface area (Å²) in [7, 11) is 1.57. The van der Waals surface area contributed by atoms with E-state index in [0.717, 1.165) is 37.9 Å². The van der Waals surface area contributed by atoms with Crippen LogP contribution in [-0.4, -0.2) is 89.1 Å². The maximum atomic E-state index is 13.6. The number of imidazole rings is 1. The molecule has 10 heteroatoms. The van der Waals surface area contributed by atoms with Gasteiger partial charge in [0.15, 0.2) is 17.3 Å². The van der Waals surface area contributed by atoms with Gasteiger partial charge in [-0.25, -0.2) is 4.98 Å². The summed E-state index contributed by atoms with van der Waals surface area (Å²) in [6.45, 7) is 10.1. The number of unbranched alkanes of at least 4 members (excludes halogenated alkanes) is 2. The molecule has 2 saturated heterocycles. The molecule has 2 fully saturated rings. The van der Waals surface area contributed by atoms with Crippen molar-refractivity contribution >= 4 is 23.1 Å². The SMILES string of the molecule is CCCCCOc1ccc(C2/C(=C(\O)c3nc4c(C)cccn4c3C)C(=O)C(=O)N2CCN2CCOCC2)cc1OC. The zero-order chi connectivity index (χ0) is 29.8. The smallest absolute Gasteiger partial charge is 0.295 e. The maximum Gasteiger partial charge on any atom is 0.295 e. The van der Waals surface area contributed by atoms with E-state index in [1.807, 2.05) is 48.7 Å². The Labute approximate surface area is 246 Å². The molecule has 42 heavy (non-hydrogen) atoms. The number of fused-ring (bicyclic) bond motifs is 1. The van der Waals surface area contributed by atoms with Crippen LogP contribution in [0.5, 0.6) is 11.5 Å². The number of morpholine rings is 1. The van der Waals surface area contributed by atoms with Gasteiger partial charge in [0, 0.05) is 32.4 Å². The molecular formula is C32H40N4O6. The summed E-state index contributed by atoms with van der Waals surface area (Å²) < 4.78 is 19.0. The van der Waals surface area contributed by atoms with Gasteiger partial charge in [0.25, 0.3) is 11.7 Å². The quantitative estimate of drug-likeness (QED) is 0.156. The van der Waals surface area contributed by atoms with Crippen molar-refractivity contribution in [1.82, 2.24) is 19.2 Å². The van der Waals surface area contributed by atoms with E-state index in [-0.39, 0.29) is 17.0 Å². The van der Waals surface area contributed by atoms with Gasteiger partial charge >= 0.3 is 0 Å². The number of nitrogens with zero attached hydrogens (tertiary/aromatic N) is 4. The predicted octanol–water partition coefficient (Wildman–Crippen LogP) is 4.28. The lowest BCUT2D eigenvalue weighted by Crippen LogP contribution is -2.42. The van der Waals surface area contributed by atoms with Crippen molar-refractivity contribution in [2.45, 2.75) is 46.1 Å². The van der Waals surface area contributed by atoms with Gasteiger partial charge in [-0.1, -0.05) is 31.9 Å². The number of likely N-dealkylation sites (tertiary alicyclic amines) is 1. The Balaban J connectivity index is 1.57. The van der Waals surface area contributed by atoms with Gasteiger partial charge in [-0.3, -0.25) is 14.5 Å². The zero-order valence-electron chi connectivity index (χ0n) is 24.9. The first kappa shape index (κ1) is 29.6. The number of carbonyl (C=O) groups is 2. The molecule has 2 aliphatic heterocycles. The minimum Gasteiger partial charge on any atom is -0.505 e. The Bertz CT molecular complexity index is 1490. The van der Waals surface area contributed by atoms with Gasteiger partial charge in [0.05, 0.1) is 44.2 Å². The number of benzene rings is 1. The second-order valence-corrected chi connectivity index (χ2v) is 10.8. The van der Waals surface area contributed by atoms with E-state index in [1.165, 1.54) is 0 Å². The van der Waals surface area contributed by atoms with E-state index in [9.17, 15) is 14.7 Å². The minimum atomic E-state index is -0.820. The van der Waals surface area contributed by atoms with E-state index in [1.54, 1.807) is 18.1 Å². The molecule has 1 aromatic carbocycles. The molecule has 1 N–H and O–H groups in total. The lowest BCUT2D eigenvalue weighted by atomic mass is 9.96. The first-order valence-corrected chi connectivity index (χ1v) is 14.7. The molecule has 4 heterocycles. The van der Waals surface area contributed by atoms with Crippen LogP contribution in [0.25, 0.3) is 11.4 Å². The van der Waals surface area contributed by atoms with E-state index in [4.69, 9.17) is 19.2 Å². The van der Waals surface area contributed by atoms with Crippen LogP contribution in [0.2, 0.25) is 0 Å². The Kier molecular flexibility index (Phi) is 9.13. The first-order valence-electron chi connectivity index (χ1n) is 14.7. The Morgan fingerprint density at radius 3 is 2.60 bits per heavy atom. The van der Waals surface area contributed by atoms with Gasteiger partial charge < -0.3 is 28.6 Å². The highest BCUT2D eigenvalue weighted by Crippen LogP contribution is 2.42. The summed E-state index contributed by atoms with van der Waals surface area (Å²) in [4.78, 5) is 35.7. The summed E-state index contributed by atoms with van der Waals surface area (Å²) >= 11 is 0. The number of rotatable bonds is 11. The van der Waals surface area contributed by atoms with Crippen LogP contribution >= 0.6 is 0 Å². The van der Waals surface area contributed by atoms with Crippen molar-refractivity contribution < 1.29 is 28.9 Å². The normalized spacial score (nSPS) is 19.1. The number of methoxy groups -OCH3 is 1. The number of aliphatic hydroxyl groups excluding tert-OH is 1. The molecule has 0 saturated carbocycles. The van der Waals surface area contributed by atoms with Crippen molar-refractivity contribution in [3.63, 3.8) is 0 Å². The molecule has 0 radical (unpaired) electrons. The molecule has 0 bridgehead atoms. The monoisotopic (exact) mass is 576 g/mol. The summed E-state index contributed by atoms with van der Waals surface area (Å²) in [5, 5.41) is 11.7. The lowest BCUT2D eigenvalue weighted by molar-refractivity contribution is -0.140. The third-order valence-corrected chi connectivity index (χ3v) is 8.12. The van der Waals surface area contributed by atoms with E-state index in [0.29, 0.717) is 61.3 Å². The molecule has 0 spiro atoms. The van der Waals surface area contributed by atoms with E-state index in [2.05, 4.69) is 11.8 Å². The standard InChI is InChI=1S/C32H40N4O6/c1-5-6-7-17-42-24-11-10-23(20-25(24)40-4)28-26(29(37)27-22(3)35-12-8-9-21(2)31(35)33-27)30(38)32(39)36(28)14-13-34-15-18-41-19-16-34/h8-12,20,28,37H,5-7,13-19H2,1-4H3/b29-26+. The average Bonchev–Trinajstić information content (AvgIpc) is 3.48. The number of hydrogen-bond donors (Lipinski definition) is 1. The highest BCUT2D eigenvalue weighted by atomic mass is 16.5. The second kappa shape index (κ2) is 13.0. The largest absolute Gasteiger partial charge is 0.505 e. The Hall–Kier alpha value is -3.89. The second-order valence-electron chi connectivity index (χ2n) is 10.8. The fourth-order valence-electron chi connectivity index (χ4n) is 5.71. The molecule has 3 aromatic rings. The highest BCUT2D eigenvalue weighted by Gasteiger charge is 2.46. The average molecular weight is 577 g/mol. The fraction of sp³-hybridized carbons (Fsp3) is 0.469. The predicted molar refractivity (Wildman–Crippen MR) is 159 cm³/mol. The van der Waals surface area contributed by atoms with Crippen molar-refractivity contribution in [2.75, 3.05) is 53.1 Å². The van der Waals surface area contributed by atoms with Gasteiger partial charge in [-0.15, -0.1) is 0 Å². The topological polar surface area (TPSA) is 106 Å². The maximum absolute atomic E-state index is 13.6. The van der Waals surface area contributed by atoms with Gasteiger partial charge in [-0.2, -0.15) is 0 Å². The summed E-state index contributed by atoms with van der Waals surface area (Å²) in [6, 6.07) is 8.46. The van der Waals surface area contributed by atoms with Crippen molar-refractivity contribution in [3.8, 4) is 11.5 Å². The molecule has 10 nitrogen and oxygen atoms in total. The first-order chi connectivity index (χ1) is 20.3. The van der Waals surface area contributed by atoms with Crippen LogP contribution in [0.4, 0.5) is 0 Å². The number of pyridine rings is 1. The summed E-state index contributed by atoms with van der Waals surface area (Å²) in [5.41, 5.74) is 3.24. The van der Waals surface area contributed by atoms with Crippen LogP contribution in [0, 0.1) is 13.8 Å². The number of aryl methyl sites for hydroxylation is 2. The van der Waals surface area contributed by atoms with Crippen molar-refractivity contribution in [2.24, 2.45) is 0 Å². The van der Waals surface area contributed by atoms with Crippen molar-refractivity contribution in [1.29, 1.82) is 0 Å².